The van der Waals surface area contributed by atoms with Crippen LogP contribution >= 0.6 is 22.9 Å². The maximum Gasteiger partial charge on any atom is 0.132 e. The summed E-state index contributed by atoms with van der Waals surface area (Å²) in [4.78, 5) is 4.25. The van der Waals surface area contributed by atoms with Gasteiger partial charge in [0.2, 0.25) is 0 Å². The van der Waals surface area contributed by atoms with Gasteiger partial charge in [-0.15, -0.1) is 22.9 Å². The zero-order valence-electron chi connectivity index (χ0n) is 9.13. The van der Waals surface area contributed by atoms with Crippen LogP contribution in [0.3, 0.4) is 0 Å². The molecule has 0 saturated carbocycles. The standard InChI is InChI=1S/C11H12ClNO3S/c1-16-6-2-3-7-9(4-6)17-11(13-7)10(15)8(14)5-12/h2-4,8,10,14-15H,5H2,1H3. The molecule has 0 fully saturated rings. The number of methoxy groups -OCH3 is 1. The minimum Gasteiger partial charge on any atom is -0.497 e. The van der Waals surface area contributed by atoms with Crippen molar-refractivity contribution in [3.63, 3.8) is 0 Å². The normalized spacial score (nSPS) is 14.8. The molecule has 1 aromatic carbocycles. The molecule has 6 heteroatoms. The van der Waals surface area contributed by atoms with Crippen molar-refractivity contribution in [2.75, 3.05) is 13.0 Å². The average Bonchev–Trinajstić information content (AvgIpc) is 2.79. The molecule has 0 aliphatic carbocycles. The highest BCUT2D eigenvalue weighted by Crippen LogP contribution is 2.30. The van der Waals surface area contributed by atoms with Crippen LogP contribution < -0.4 is 4.74 Å². The van der Waals surface area contributed by atoms with Crippen molar-refractivity contribution >= 4 is 33.2 Å². The Hall–Kier alpha value is -0.880. The highest BCUT2D eigenvalue weighted by molar-refractivity contribution is 7.18. The number of hydrogen-bond donors (Lipinski definition) is 2. The molecule has 0 radical (unpaired) electrons. The average molecular weight is 274 g/mol. The molecule has 92 valence electrons. The van der Waals surface area contributed by atoms with Gasteiger partial charge in [0.25, 0.3) is 0 Å². The molecule has 2 aromatic rings. The summed E-state index contributed by atoms with van der Waals surface area (Å²) in [6.45, 7) is 0. The van der Waals surface area contributed by atoms with Gasteiger partial charge in [-0.3, -0.25) is 0 Å². The van der Waals surface area contributed by atoms with Crippen LogP contribution in [0.1, 0.15) is 11.1 Å². The molecule has 2 N–H and O–H groups in total. The Morgan fingerprint density at radius 3 is 2.88 bits per heavy atom. The first-order valence-corrected chi connectivity index (χ1v) is 6.37. The fourth-order valence-electron chi connectivity index (χ4n) is 1.43. The van der Waals surface area contributed by atoms with Gasteiger partial charge in [0.15, 0.2) is 0 Å². The second-order valence-electron chi connectivity index (χ2n) is 3.55. The highest BCUT2D eigenvalue weighted by Gasteiger charge is 2.21. The number of rotatable bonds is 4. The lowest BCUT2D eigenvalue weighted by Gasteiger charge is -2.11. The van der Waals surface area contributed by atoms with Crippen molar-refractivity contribution in [2.24, 2.45) is 0 Å². The fraction of sp³-hybridized carbons (Fsp3) is 0.364. The number of thiazole rings is 1. The molecule has 0 aliphatic heterocycles. The van der Waals surface area contributed by atoms with Gasteiger partial charge in [-0.05, 0) is 18.2 Å². The Labute approximate surface area is 107 Å². The topological polar surface area (TPSA) is 62.6 Å². The highest BCUT2D eigenvalue weighted by atomic mass is 35.5. The van der Waals surface area contributed by atoms with Crippen LogP contribution in [0.25, 0.3) is 10.2 Å². The third-order valence-corrected chi connectivity index (χ3v) is 3.79. The molecular weight excluding hydrogens is 262 g/mol. The molecule has 1 heterocycles. The van der Waals surface area contributed by atoms with Crippen LogP contribution in [-0.2, 0) is 0 Å². The molecule has 2 unspecified atom stereocenters. The molecule has 2 atom stereocenters. The molecule has 4 nitrogen and oxygen atoms in total. The number of nitrogens with zero attached hydrogens (tertiary/aromatic N) is 1. The first-order valence-electron chi connectivity index (χ1n) is 5.02. The van der Waals surface area contributed by atoms with Crippen molar-refractivity contribution in [3.8, 4) is 5.75 Å². The maximum atomic E-state index is 9.80. The van der Waals surface area contributed by atoms with E-state index in [9.17, 15) is 10.2 Å². The van der Waals surface area contributed by atoms with Crippen LogP contribution in [0, 0.1) is 0 Å². The van der Waals surface area contributed by atoms with E-state index in [1.807, 2.05) is 12.1 Å². The molecule has 0 saturated heterocycles. The monoisotopic (exact) mass is 273 g/mol. The molecular formula is C11H12ClNO3S. The van der Waals surface area contributed by atoms with Crippen LogP contribution in [0.5, 0.6) is 5.75 Å². The number of ether oxygens (including phenoxy) is 1. The Balaban J connectivity index is 2.37. The minimum absolute atomic E-state index is 0.0274. The summed E-state index contributed by atoms with van der Waals surface area (Å²) in [7, 11) is 1.59. The summed E-state index contributed by atoms with van der Waals surface area (Å²) in [5, 5.41) is 19.7. The molecule has 1 aromatic heterocycles. The van der Waals surface area contributed by atoms with E-state index in [0.29, 0.717) is 5.01 Å². The van der Waals surface area contributed by atoms with E-state index in [4.69, 9.17) is 16.3 Å². The molecule has 2 rings (SSSR count). The number of aliphatic hydroxyl groups is 2. The number of alkyl halides is 1. The zero-order valence-corrected chi connectivity index (χ0v) is 10.7. The van der Waals surface area contributed by atoms with E-state index in [-0.39, 0.29) is 5.88 Å². The van der Waals surface area contributed by atoms with Crippen LogP contribution in [0.15, 0.2) is 18.2 Å². The van der Waals surface area contributed by atoms with E-state index in [2.05, 4.69) is 4.98 Å². The molecule has 0 bridgehead atoms. The van der Waals surface area contributed by atoms with Crippen LogP contribution in [0.4, 0.5) is 0 Å². The van der Waals surface area contributed by atoms with Gasteiger partial charge in [-0.25, -0.2) is 4.98 Å². The number of benzene rings is 1. The summed E-state index contributed by atoms with van der Waals surface area (Å²) >= 11 is 6.81. The lowest BCUT2D eigenvalue weighted by atomic mass is 10.2. The van der Waals surface area contributed by atoms with E-state index < -0.39 is 12.2 Å². The van der Waals surface area contributed by atoms with E-state index >= 15 is 0 Å². The predicted molar refractivity (Wildman–Crippen MR) is 67.9 cm³/mol. The predicted octanol–water partition coefficient (Wildman–Crippen LogP) is 1.94. The molecule has 0 amide bonds. The first kappa shape index (κ1) is 12.6. The number of fused-ring (bicyclic) bond motifs is 1. The Morgan fingerprint density at radius 2 is 2.24 bits per heavy atom. The molecule has 17 heavy (non-hydrogen) atoms. The summed E-state index contributed by atoms with van der Waals surface area (Å²) in [5.41, 5.74) is 0.770. The van der Waals surface area contributed by atoms with Gasteiger partial charge in [-0.1, -0.05) is 0 Å². The third-order valence-electron chi connectivity index (χ3n) is 2.39. The van der Waals surface area contributed by atoms with Crippen LogP contribution in [-0.4, -0.2) is 34.3 Å². The van der Waals surface area contributed by atoms with Gasteiger partial charge in [-0.2, -0.15) is 0 Å². The Kier molecular flexibility index (Phi) is 3.83. The van der Waals surface area contributed by atoms with Crippen molar-refractivity contribution in [1.29, 1.82) is 0 Å². The van der Waals surface area contributed by atoms with Crippen molar-refractivity contribution < 1.29 is 14.9 Å². The number of halogens is 1. The number of aliphatic hydroxyl groups excluding tert-OH is 2. The van der Waals surface area contributed by atoms with Crippen LogP contribution in [0.2, 0.25) is 0 Å². The number of hydrogen-bond acceptors (Lipinski definition) is 5. The molecule has 0 spiro atoms. The van der Waals surface area contributed by atoms with Gasteiger partial charge < -0.3 is 14.9 Å². The zero-order chi connectivity index (χ0) is 12.4. The third kappa shape index (κ3) is 2.52. The Bertz CT molecular complexity index is 516. The lowest BCUT2D eigenvalue weighted by molar-refractivity contribution is 0.0327. The summed E-state index contributed by atoms with van der Waals surface area (Å²) < 4.78 is 6.01. The lowest BCUT2D eigenvalue weighted by Crippen LogP contribution is -2.19. The SMILES string of the molecule is COc1ccc2nc(C(O)C(O)CCl)sc2c1. The van der Waals surface area contributed by atoms with Crippen molar-refractivity contribution in [1.82, 2.24) is 4.98 Å². The van der Waals surface area contributed by atoms with Crippen molar-refractivity contribution in [2.45, 2.75) is 12.2 Å². The second kappa shape index (κ2) is 5.18. The second-order valence-corrected chi connectivity index (χ2v) is 4.92. The smallest absolute Gasteiger partial charge is 0.132 e. The minimum atomic E-state index is -1.05. The summed E-state index contributed by atoms with van der Waals surface area (Å²) in [6, 6.07) is 5.46. The van der Waals surface area contributed by atoms with Gasteiger partial charge in [0.05, 0.1) is 29.3 Å². The fourth-order valence-corrected chi connectivity index (χ4v) is 2.63. The maximum absolute atomic E-state index is 9.80. The quantitative estimate of drug-likeness (QED) is 0.836. The van der Waals surface area contributed by atoms with Gasteiger partial charge in [0.1, 0.15) is 16.9 Å². The van der Waals surface area contributed by atoms with E-state index in [1.165, 1.54) is 11.3 Å². The Morgan fingerprint density at radius 1 is 1.47 bits per heavy atom. The largest absolute Gasteiger partial charge is 0.497 e. The first-order chi connectivity index (χ1) is 8.15. The molecule has 0 aliphatic rings. The summed E-state index contributed by atoms with van der Waals surface area (Å²) in [5.74, 6) is 0.709. The van der Waals surface area contributed by atoms with E-state index in [1.54, 1.807) is 13.2 Å². The van der Waals surface area contributed by atoms with Crippen molar-refractivity contribution in [3.05, 3.63) is 23.2 Å². The summed E-state index contributed by atoms with van der Waals surface area (Å²) in [6.07, 6.45) is -2.05. The van der Waals surface area contributed by atoms with Gasteiger partial charge in [0, 0.05) is 0 Å². The van der Waals surface area contributed by atoms with E-state index in [0.717, 1.165) is 16.0 Å². The number of aromatic nitrogens is 1. The van der Waals surface area contributed by atoms with Gasteiger partial charge >= 0.3 is 0 Å².